The maximum Gasteiger partial charge on any atom is 0.343 e. The highest BCUT2D eigenvalue weighted by Gasteiger charge is 2.33. The zero-order valence-corrected chi connectivity index (χ0v) is 21.9. The van der Waals surface area contributed by atoms with Crippen LogP contribution in [-0.4, -0.2) is 19.2 Å². The van der Waals surface area contributed by atoms with Gasteiger partial charge in [0.1, 0.15) is 34.6 Å². The summed E-state index contributed by atoms with van der Waals surface area (Å²) in [5.41, 5.74) is 8.42. The van der Waals surface area contributed by atoms with Crippen LogP contribution < -0.4 is 24.7 Å². The van der Waals surface area contributed by atoms with Crippen LogP contribution >= 0.6 is 0 Å². The number of ether oxygens (including phenoxy) is 4. The number of rotatable bonds is 10. The first-order valence-corrected chi connectivity index (χ1v) is 12.8. The molecule has 2 N–H and O–H groups in total. The topological polar surface area (TPSA) is 104 Å². The smallest absolute Gasteiger partial charge is 0.343 e. The van der Waals surface area contributed by atoms with Gasteiger partial charge < -0.3 is 24.7 Å². The second kappa shape index (κ2) is 12.2. The predicted octanol–water partition coefficient (Wildman–Crippen LogP) is 6.34. The Hall–Kier alpha value is -4.44. The average molecular weight is 513 g/mol. The van der Waals surface area contributed by atoms with Gasteiger partial charge >= 0.3 is 5.97 Å². The normalized spacial score (nSPS) is 14.3. The molecule has 3 aromatic carbocycles. The summed E-state index contributed by atoms with van der Waals surface area (Å²) < 4.78 is 23.1. The van der Waals surface area contributed by atoms with Gasteiger partial charge in [-0.05, 0) is 48.7 Å². The summed E-state index contributed by atoms with van der Waals surface area (Å²) in [5, 5.41) is 9.92. The Labute approximate surface area is 223 Å². The lowest BCUT2D eigenvalue weighted by molar-refractivity contribution is 0.0734. The second-order valence-corrected chi connectivity index (χ2v) is 9.48. The molecule has 7 heteroatoms. The first kappa shape index (κ1) is 26.6. The zero-order chi connectivity index (χ0) is 27.1. The molecule has 0 bridgehead atoms. The highest BCUT2D eigenvalue weighted by molar-refractivity contribution is 5.91. The minimum atomic E-state index is -0.511. The molecular formula is C31H32N2O5. The summed E-state index contributed by atoms with van der Waals surface area (Å²) in [6.45, 7) is 7.41. The first-order valence-electron chi connectivity index (χ1n) is 12.8. The van der Waals surface area contributed by atoms with Crippen molar-refractivity contribution in [3.63, 3.8) is 0 Å². The molecule has 38 heavy (non-hydrogen) atoms. The molecular weight excluding hydrogens is 480 g/mol. The van der Waals surface area contributed by atoms with E-state index in [0.29, 0.717) is 53.3 Å². The van der Waals surface area contributed by atoms with Crippen molar-refractivity contribution < 1.29 is 23.7 Å². The van der Waals surface area contributed by atoms with Crippen LogP contribution in [0.2, 0.25) is 0 Å². The third-order valence-corrected chi connectivity index (χ3v) is 6.06. The SMILES string of the molecule is CCCCOc1ccccc1C1C(C#N)=C(N)Oc2cc(OC(=O)c3ccc(OCC(C)C)cc3)ccc21. The van der Waals surface area contributed by atoms with Crippen molar-refractivity contribution in [1.29, 1.82) is 5.26 Å². The number of hydrogen-bond acceptors (Lipinski definition) is 7. The van der Waals surface area contributed by atoms with Crippen molar-refractivity contribution in [3.8, 4) is 29.1 Å². The van der Waals surface area contributed by atoms with E-state index in [9.17, 15) is 10.1 Å². The van der Waals surface area contributed by atoms with E-state index in [4.69, 9.17) is 24.7 Å². The molecule has 0 aliphatic carbocycles. The number of carbonyl (C=O) groups excluding carboxylic acids is 1. The number of carbonyl (C=O) groups is 1. The Kier molecular flexibility index (Phi) is 8.55. The Morgan fingerprint density at radius 3 is 2.47 bits per heavy atom. The van der Waals surface area contributed by atoms with E-state index < -0.39 is 11.9 Å². The number of nitrogens with zero attached hydrogens (tertiary/aromatic N) is 1. The number of esters is 1. The number of nitrogens with two attached hydrogens (primary N) is 1. The predicted molar refractivity (Wildman–Crippen MR) is 144 cm³/mol. The van der Waals surface area contributed by atoms with E-state index >= 15 is 0 Å². The minimum absolute atomic E-state index is 0.00817. The van der Waals surface area contributed by atoms with Gasteiger partial charge in [-0.2, -0.15) is 5.26 Å². The van der Waals surface area contributed by atoms with Crippen molar-refractivity contribution >= 4 is 5.97 Å². The largest absolute Gasteiger partial charge is 0.493 e. The van der Waals surface area contributed by atoms with Crippen LogP contribution in [0.3, 0.4) is 0 Å². The van der Waals surface area contributed by atoms with Gasteiger partial charge in [-0.3, -0.25) is 0 Å². The Bertz CT molecular complexity index is 1360. The number of unbranched alkanes of at least 4 members (excludes halogenated alkanes) is 1. The van der Waals surface area contributed by atoms with Gasteiger partial charge in [0.25, 0.3) is 0 Å². The standard InChI is InChI=1S/C31H32N2O5/c1-4-5-16-35-27-9-7-6-8-24(27)29-25-15-14-23(17-28(25)38-30(33)26(29)18-32)37-31(34)21-10-12-22(13-11-21)36-19-20(2)3/h6-15,17,20,29H,4-5,16,19,33H2,1-3H3. The quantitative estimate of drug-likeness (QED) is 0.192. The monoisotopic (exact) mass is 512 g/mol. The van der Waals surface area contributed by atoms with E-state index in [-0.39, 0.29) is 5.88 Å². The van der Waals surface area contributed by atoms with Crippen molar-refractivity contribution in [2.24, 2.45) is 11.7 Å². The number of para-hydroxylation sites is 1. The van der Waals surface area contributed by atoms with Gasteiger partial charge in [0.2, 0.25) is 5.88 Å². The molecule has 0 amide bonds. The molecule has 0 saturated carbocycles. The molecule has 0 spiro atoms. The van der Waals surface area contributed by atoms with Crippen molar-refractivity contribution in [2.45, 2.75) is 39.5 Å². The highest BCUT2D eigenvalue weighted by atomic mass is 16.5. The lowest BCUT2D eigenvalue weighted by atomic mass is 9.83. The van der Waals surface area contributed by atoms with E-state index in [0.717, 1.165) is 24.0 Å². The average Bonchev–Trinajstić information content (AvgIpc) is 2.92. The molecule has 1 atom stereocenters. The molecule has 4 rings (SSSR count). The molecule has 0 radical (unpaired) electrons. The van der Waals surface area contributed by atoms with Crippen molar-refractivity contribution in [1.82, 2.24) is 0 Å². The number of allylic oxidation sites excluding steroid dienone is 1. The molecule has 196 valence electrons. The molecule has 1 aliphatic heterocycles. The van der Waals surface area contributed by atoms with Crippen molar-refractivity contribution in [2.75, 3.05) is 13.2 Å². The molecule has 0 aromatic heterocycles. The maximum absolute atomic E-state index is 12.8. The molecule has 0 saturated heterocycles. The minimum Gasteiger partial charge on any atom is -0.493 e. The summed E-state index contributed by atoms with van der Waals surface area (Å²) in [4.78, 5) is 12.8. The number of nitriles is 1. The zero-order valence-electron chi connectivity index (χ0n) is 21.9. The molecule has 7 nitrogen and oxygen atoms in total. The van der Waals surface area contributed by atoms with Crippen LogP contribution in [0.25, 0.3) is 0 Å². The lowest BCUT2D eigenvalue weighted by Crippen LogP contribution is -2.21. The van der Waals surface area contributed by atoms with Crippen LogP contribution in [0.1, 0.15) is 61.0 Å². The molecule has 1 heterocycles. The summed E-state index contributed by atoms with van der Waals surface area (Å²) >= 11 is 0. The van der Waals surface area contributed by atoms with Crippen LogP contribution in [0, 0.1) is 17.2 Å². The van der Waals surface area contributed by atoms with E-state index in [2.05, 4.69) is 26.8 Å². The first-order chi connectivity index (χ1) is 18.4. The Morgan fingerprint density at radius 1 is 1.03 bits per heavy atom. The van der Waals surface area contributed by atoms with Crippen LogP contribution in [-0.2, 0) is 0 Å². The summed E-state index contributed by atoms with van der Waals surface area (Å²) in [5.74, 6) is 1.52. The maximum atomic E-state index is 12.8. The van der Waals surface area contributed by atoms with Gasteiger partial charge in [-0.25, -0.2) is 4.79 Å². The number of benzene rings is 3. The molecule has 3 aromatic rings. The highest BCUT2D eigenvalue weighted by Crippen LogP contribution is 2.46. The summed E-state index contributed by atoms with van der Waals surface area (Å²) in [7, 11) is 0. The van der Waals surface area contributed by atoms with Gasteiger partial charge in [-0.15, -0.1) is 0 Å². The second-order valence-electron chi connectivity index (χ2n) is 9.48. The fraction of sp³-hybridized carbons (Fsp3) is 0.290. The van der Waals surface area contributed by atoms with Crippen molar-refractivity contribution in [3.05, 3.63) is 94.9 Å². The van der Waals surface area contributed by atoms with Gasteiger partial charge in [0.05, 0.1) is 24.7 Å². The van der Waals surface area contributed by atoms with E-state index in [1.165, 1.54) is 0 Å². The molecule has 1 unspecified atom stereocenters. The summed E-state index contributed by atoms with van der Waals surface area (Å²) in [6.07, 6.45) is 1.93. The Morgan fingerprint density at radius 2 is 1.76 bits per heavy atom. The fourth-order valence-electron chi connectivity index (χ4n) is 4.11. The molecule has 0 fully saturated rings. The van der Waals surface area contributed by atoms with Crippen LogP contribution in [0.4, 0.5) is 0 Å². The number of hydrogen-bond donors (Lipinski definition) is 1. The van der Waals surface area contributed by atoms with Gasteiger partial charge in [0, 0.05) is 17.2 Å². The molecule has 1 aliphatic rings. The third kappa shape index (κ3) is 6.09. The van der Waals surface area contributed by atoms with Gasteiger partial charge in [0.15, 0.2) is 0 Å². The van der Waals surface area contributed by atoms with Gasteiger partial charge in [-0.1, -0.05) is 51.5 Å². The van der Waals surface area contributed by atoms with E-state index in [1.54, 1.807) is 42.5 Å². The fourth-order valence-corrected chi connectivity index (χ4v) is 4.11. The van der Waals surface area contributed by atoms with E-state index in [1.807, 2.05) is 24.3 Å². The Balaban J connectivity index is 1.58. The van der Waals surface area contributed by atoms with Crippen LogP contribution in [0.15, 0.2) is 78.2 Å². The lowest BCUT2D eigenvalue weighted by Gasteiger charge is -2.28. The number of fused-ring (bicyclic) bond motifs is 1. The summed E-state index contributed by atoms with van der Waals surface area (Å²) in [6, 6.07) is 21.7. The third-order valence-electron chi connectivity index (χ3n) is 6.06. The van der Waals surface area contributed by atoms with Crippen LogP contribution in [0.5, 0.6) is 23.0 Å².